The van der Waals surface area contributed by atoms with Crippen molar-refractivity contribution in [3.8, 4) is 11.5 Å². The summed E-state index contributed by atoms with van der Waals surface area (Å²) in [6.07, 6.45) is 3.98. The number of benzene rings is 2. The SMILES string of the molecule is COc1ccc(CCNC(=O)CN2C(=O)N(c3cccc(C)c3)C(=O)C3CCCCC32)cc1OC. The van der Waals surface area contributed by atoms with Gasteiger partial charge in [-0.15, -0.1) is 0 Å². The fourth-order valence-electron chi connectivity index (χ4n) is 5.09. The number of nitrogens with one attached hydrogen (secondary N) is 1. The Morgan fingerprint density at radius 3 is 2.54 bits per heavy atom. The van der Waals surface area contributed by atoms with Gasteiger partial charge >= 0.3 is 6.03 Å². The van der Waals surface area contributed by atoms with E-state index in [1.807, 2.05) is 43.3 Å². The van der Waals surface area contributed by atoms with Crippen molar-refractivity contribution in [1.29, 1.82) is 0 Å². The van der Waals surface area contributed by atoms with Crippen molar-refractivity contribution in [2.75, 3.05) is 32.2 Å². The number of carbonyl (C=O) groups excluding carboxylic acids is 3. The van der Waals surface area contributed by atoms with Gasteiger partial charge in [-0.2, -0.15) is 0 Å². The highest BCUT2D eigenvalue weighted by atomic mass is 16.5. The Morgan fingerprint density at radius 2 is 1.80 bits per heavy atom. The minimum absolute atomic E-state index is 0.0679. The normalized spacial score (nSPS) is 19.9. The summed E-state index contributed by atoms with van der Waals surface area (Å²) in [5.41, 5.74) is 2.52. The standard InChI is InChI=1S/C27H33N3O5/c1-18-7-6-8-20(15-18)30-26(32)21-9-4-5-10-22(21)29(27(30)33)17-25(31)28-14-13-19-11-12-23(34-2)24(16-19)35-3/h6-8,11-12,15-16,21-22H,4-5,9-10,13-14,17H2,1-3H3,(H,28,31). The molecule has 4 amide bonds. The van der Waals surface area contributed by atoms with Crippen molar-refractivity contribution in [3.05, 3.63) is 53.6 Å². The van der Waals surface area contributed by atoms with Crippen LogP contribution >= 0.6 is 0 Å². The molecule has 2 unspecified atom stereocenters. The number of hydrogen-bond acceptors (Lipinski definition) is 5. The lowest BCUT2D eigenvalue weighted by molar-refractivity contribution is -0.129. The van der Waals surface area contributed by atoms with Crippen LogP contribution in [0.15, 0.2) is 42.5 Å². The first-order valence-corrected chi connectivity index (χ1v) is 12.1. The fourth-order valence-corrected chi connectivity index (χ4v) is 5.09. The number of carbonyl (C=O) groups is 3. The van der Waals surface area contributed by atoms with Crippen LogP contribution in [0, 0.1) is 12.8 Å². The molecule has 1 N–H and O–H groups in total. The minimum Gasteiger partial charge on any atom is -0.493 e. The highest BCUT2D eigenvalue weighted by Crippen LogP contribution is 2.36. The van der Waals surface area contributed by atoms with Crippen LogP contribution < -0.4 is 19.7 Å². The molecule has 1 heterocycles. The number of urea groups is 1. The lowest BCUT2D eigenvalue weighted by atomic mass is 9.81. The van der Waals surface area contributed by atoms with Gasteiger partial charge in [-0.3, -0.25) is 9.59 Å². The summed E-state index contributed by atoms with van der Waals surface area (Å²) in [6, 6.07) is 12.4. The molecular formula is C27H33N3O5. The molecule has 0 bridgehead atoms. The molecule has 0 radical (unpaired) electrons. The molecule has 2 aliphatic rings. The maximum absolute atomic E-state index is 13.5. The quantitative estimate of drug-likeness (QED) is 0.624. The first-order valence-electron chi connectivity index (χ1n) is 12.1. The smallest absolute Gasteiger partial charge is 0.332 e. The average Bonchev–Trinajstić information content (AvgIpc) is 2.86. The number of methoxy groups -OCH3 is 2. The molecule has 2 aromatic carbocycles. The topological polar surface area (TPSA) is 88.2 Å². The fraction of sp³-hybridized carbons (Fsp3) is 0.444. The van der Waals surface area contributed by atoms with E-state index in [0.29, 0.717) is 30.2 Å². The maximum Gasteiger partial charge on any atom is 0.332 e. The molecular weight excluding hydrogens is 446 g/mol. The van der Waals surface area contributed by atoms with Crippen molar-refractivity contribution < 1.29 is 23.9 Å². The Morgan fingerprint density at radius 1 is 1.03 bits per heavy atom. The number of amides is 4. The molecule has 8 heteroatoms. The number of fused-ring (bicyclic) bond motifs is 1. The highest BCUT2D eigenvalue weighted by Gasteiger charge is 2.48. The van der Waals surface area contributed by atoms with Crippen LogP contribution in [-0.4, -0.2) is 56.1 Å². The molecule has 8 nitrogen and oxygen atoms in total. The molecule has 2 atom stereocenters. The van der Waals surface area contributed by atoms with Crippen LogP contribution in [0.3, 0.4) is 0 Å². The van der Waals surface area contributed by atoms with Crippen LogP contribution in [0.25, 0.3) is 0 Å². The Hall–Kier alpha value is -3.55. The average molecular weight is 480 g/mol. The molecule has 186 valence electrons. The Bertz CT molecular complexity index is 1100. The van der Waals surface area contributed by atoms with Crippen molar-refractivity contribution in [2.24, 2.45) is 5.92 Å². The third-order valence-corrected chi connectivity index (χ3v) is 6.86. The van der Waals surface area contributed by atoms with Crippen molar-refractivity contribution in [1.82, 2.24) is 10.2 Å². The summed E-state index contributed by atoms with van der Waals surface area (Å²) in [5.74, 6) is 0.622. The van der Waals surface area contributed by atoms with Gasteiger partial charge in [0.2, 0.25) is 11.8 Å². The molecule has 1 aliphatic heterocycles. The van der Waals surface area contributed by atoms with Gasteiger partial charge in [0.05, 0.1) is 25.8 Å². The summed E-state index contributed by atoms with van der Waals surface area (Å²) in [6.45, 7) is 2.28. The van der Waals surface area contributed by atoms with Crippen LogP contribution in [0.4, 0.5) is 10.5 Å². The van der Waals surface area contributed by atoms with Crippen molar-refractivity contribution >= 4 is 23.5 Å². The predicted octanol–water partition coefficient (Wildman–Crippen LogP) is 3.70. The zero-order chi connectivity index (χ0) is 24.9. The van der Waals surface area contributed by atoms with E-state index in [9.17, 15) is 14.4 Å². The molecule has 1 aliphatic carbocycles. The third kappa shape index (κ3) is 5.26. The molecule has 1 saturated carbocycles. The second-order valence-corrected chi connectivity index (χ2v) is 9.17. The first kappa shape index (κ1) is 24.6. The zero-order valence-corrected chi connectivity index (χ0v) is 20.6. The summed E-state index contributed by atoms with van der Waals surface area (Å²) < 4.78 is 10.6. The number of nitrogens with zero attached hydrogens (tertiary/aromatic N) is 2. The molecule has 4 rings (SSSR count). The van der Waals surface area contributed by atoms with Gasteiger partial charge in [0.15, 0.2) is 11.5 Å². The molecule has 2 aromatic rings. The van der Waals surface area contributed by atoms with E-state index in [0.717, 1.165) is 36.8 Å². The summed E-state index contributed by atoms with van der Waals surface area (Å²) in [4.78, 5) is 42.5. The van der Waals surface area contributed by atoms with E-state index >= 15 is 0 Å². The van der Waals surface area contributed by atoms with E-state index in [-0.39, 0.29) is 30.3 Å². The lowest BCUT2D eigenvalue weighted by Gasteiger charge is -2.46. The van der Waals surface area contributed by atoms with Gasteiger partial charge in [0, 0.05) is 12.6 Å². The summed E-state index contributed by atoms with van der Waals surface area (Å²) in [7, 11) is 3.17. The maximum atomic E-state index is 13.5. The molecule has 0 spiro atoms. The number of hydrogen-bond donors (Lipinski definition) is 1. The van der Waals surface area contributed by atoms with Gasteiger partial charge in [0.1, 0.15) is 6.54 Å². The molecule has 1 saturated heterocycles. The molecule has 35 heavy (non-hydrogen) atoms. The first-order chi connectivity index (χ1) is 16.9. The van der Waals surface area contributed by atoms with Gasteiger partial charge in [-0.1, -0.05) is 31.0 Å². The van der Waals surface area contributed by atoms with Crippen molar-refractivity contribution in [2.45, 2.75) is 45.1 Å². The summed E-state index contributed by atoms with van der Waals surface area (Å²) in [5, 5.41) is 2.93. The van der Waals surface area contributed by atoms with Gasteiger partial charge < -0.3 is 19.7 Å². The number of anilines is 1. The van der Waals surface area contributed by atoms with Crippen LogP contribution in [0.1, 0.15) is 36.8 Å². The second-order valence-electron chi connectivity index (χ2n) is 9.17. The Kier molecular flexibility index (Phi) is 7.58. The Balaban J connectivity index is 1.44. The second kappa shape index (κ2) is 10.8. The van der Waals surface area contributed by atoms with E-state index in [4.69, 9.17) is 9.47 Å². The monoisotopic (exact) mass is 479 g/mol. The van der Waals surface area contributed by atoms with E-state index < -0.39 is 6.03 Å². The molecule has 2 fully saturated rings. The van der Waals surface area contributed by atoms with Crippen LogP contribution in [0.2, 0.25) is 0 Å². The van der Waals surface area contributed by atoms with Gasteiger partial charge in [0.25, 0.3) is 0 Å². The van der Waals surface area contributed by atoms with E-state index in [1.54, 1.807) is 25.2 Å². The number of rotatable bonds is 8. The largest absolute Gasteiger partial charge is 0.493 e. The minimum atomic E-state index is -0.418. The lowest BCUT2D eigenvalue weighted by Crippen LogP contribution is -2.64. The van der Waals surface area contributed by atoms with Gasteiger partial charge in [-0.05, 0) is 61.6 Å². The highest BCUT2D eigenvalue weighted by molar-refractivity contribution is 6.17. The van der Waals surface area contributed by atoms with Crippen LogP contribution in [-0.2, 0) is 16.0 Å². The number of imide groups is 1. The third-order valence-electron chi connectivity index (χ3n) is 6.86. The Labute approximate surface area is 206 Å². The summed E-state index contributed by atoms with van der Waals surface area (Å²) >= 11 is 0. The van der Waals surface area contributed by atoms with E-state index in [2.05, 4.69) is 5.32 Å². The van der Waals surface area contributed by atoms with Gasteiger partial charge in [-0.25, -0.2) is 9.69 Å². The zero-order valence-electron chi connectivity index (χ0n) is 20.6. The van der Waals surface area contributed by atoms with Crippen LogP contribution in [0.5, 0.6) is 11.5 Å². The number of ether oxygens (including phenoxy) is 2. The van der Waals surface area contributed by atoms with Crippen molar-refractivity contribution in [3.63, 3.8) is 0 Å². The predicted molar refractivity (Wildman–Crippen MR) is 133 cm³/mol. The number of aryl methyl sites for hydroxylation is 1. The van der Waals surface area contributed by atoms with E-state index in [1.165, 1.54) is 4.90 Å². The molecule has 0 aromatic heterocycles.